The van der Waals surface area contributed by atoms with Gasteiger partial charge in [-0.05, 0) is 24.3 Å². The van der Waals surface area contributed by atoms with Crippen LogP contribution in [0.2, 0.25) is 0 Å². The zero-order chi connectivity index (χ0) is 18.6. The van der Waals surface area contributed by atoms with E-state index in [1.165, 1.54) is 16.2 Å². The zero-order valence-electron chi connectivity index (χ0n) is 15.2. The standard InChI is InChI=1S/C19H25N3O2S/c1-13-21-16(17(25-13)14-8-6-5-7-9-14)18(24)22(12-15(20)23)11-10-19(2,3)4/h5-9H,10-12H2,1-4H3,(H2,20,23). The fraction of sp³-hybridized carbons (Fsp3) is 0.421. The lowest BCUT2D eigenvalue weighted by Crippen LogP contribution is -2.40. The van der Waals surface area contributed by atoms with Crippen molar-refractivity contribution >= 4 is 23.2 Å². The Hall–Kier alpha value is -2.21. The molecule has 25 heavy (non-hydrogen) atoms. The lowest BCUT2D eigenvalue weighted by atomic mass is 9.92. The second-order valence-corrected chi connectivity index (χ2v) is 8.48. The number of rotatable bonds is 6. The van der Waals surface area contributed by atoms with Gasteiger partial charge in [0.25, 0.3) is 5.91 Å². The summed E-state index contributed by atoms with van der Waals surface area (Å²) in [6.45, 7) is 8.55. The predicted octanol–water partition coefficient (Wildman–Crippen LogP) is 3.48. The molecule has 0 saturated carbocycles. The predicted molar refractivity (Wildman–Crippen MR) is 101 cm³/mol. The first-order valence-corrected chi connectivity index (χ1v) is 9.09. The first-order valence-electron chi connectivity index (χ1n) is 8.28. The van der Waals surface area contributed by atoms with Gasteiger partial charge in [-0.25, -0.2) is 4.98 Å². The molecule has 1 aromatic heterocycles. The number of amides is 2. The maximum atomic E-state index is 13.1. The van der Waals surface area contributed by atoms with E-state index < -0.39 is 5.91 Å². The van der Waals surface area contributed by atoms with Gasteiger partial charge in [0.1, 0.15) is 5.69 Å². The van der Waals surface area contributed by atoms with Gasteiger partial charge in [-0.2, -0.15) is 0 Å². The number of aromatic nitrogens is 1. The number of hydrogen-bond acceptors (Lipinski definition) is 4. The van der Waals surface area contributed by atoms with Gasteiger partial charge >= 0.3 is 0 Å². The molecule has 2 aromatic rings. The molecule has 0 saturated heterocycles. The summed E-state index contributed by atoms with van der Waals surface area (Å²) >= 11 is 1.48. The summed E-state index contributed by atoms with van der Waals surface area (Å²) in [5.41, 5.74) is 6.75. The Morgan fingerprint density at radius 2 is 1.84 bits per heavy atom. The van der Waals surface area contributed by atoms with E-state index in [1.54, 1.807) is 0 Å². The van der Waals surface area contributed by atoms with Crippen LogP contribution in [-0.4, -0.2) is 34.8 Å². The van der Waals surface area contributed by atoms with Crippen molar-refractivity contribution in [2.24, 2.45) is 11.1 Å². The van der Waals surface area contributed by atoms with Crippen LogP contribution in [0.4, 0.5) is 0 Å². The molecule has 2 N–H and O–H groups in total. The highest BCUT2D eigenvalue weighted by atomic mass is 32.1. The Balaban J connectivity index is 2.34. The molecule has 0 unspecified atom stereocenters. The van der Waals surface area contributed by atoms with Gasteiger partial charge in [0.05, 0.1) is 16.4 Å². The number of nitrogens with two attached hydrogens (primary N) is 1. The molecular weight excluding hydrogens is 334 g/mol. The van der Waals surface area contributed by atoms with Gasteiger partial charge in [0, 0.05) is 6.54 Å². The average molecular weight is 359 g/mol. The number of carbonyl (C=O) groups is 2. The molecule has 0 fully saturated rings. The molecule has 0 aliphatic heterocycles. The van der Waals surface area contributed by atoms with Crippen LogP contribution in [0.3, 0.4) is 0 Å². The molecule has 0 atom stereocenters. The Bertz CT molecular complexity index is 748. The Morgan fingerprint density at radius 1 is 1.20 bits per heavy atom. The molecule has 0 radical (unpaired) electrons. The normalized spacial score (nSPS) is 11.4. The molecule has 1 heterocycles. The highest BCUT2D eigenvalue weighted by molar-refractivity contribution is 7.15. The molecule has 2 rings (SSSR count). The molecule has 1 aromatic carbocycles. The number of nitrogens with zero attached hydrogens (tertiary/aromatic N) is 2. The SMILES string of the molecule is Cc1nc(C(=O)N(CCC(C)(C)C)CC(N)=O)c(-c2ccccc2)s1. The first-order chi connectivity index (χ1) is 11.7. The maximum absolute atomic E-state index is 13.1. The van der Waals surface area contributed by atoms with Crippen LogP contribution in [0.15, 0.2) is 30.3 Å². The lowest BCUT2D eigenvalue weighted by Gasteiger charge is -2.25. The molecule has 0 spiro atoms. The monoisotopic (exact) mass is 359 g/mol. The van der Waals surface area contributed by atoms with Crippen LogP contribution >= 0.6 is 11.3 Å². The Morgan fingerprint density at radius 3 is 2.40 bits per heavy atom. The van der Waals surface area contributed by atoms with E-state index in [4.69, 9.17) is 5.73 Å². The summed E-state index contributed by atoms with van der Waals surface area (Å²) < 4.78 is 0. The largest absolute Gasteiger partial charge is 0.368 e. The van der Waals surface area contributed by atoms with Gasteiger partial charge in [0.15, 0.2) is 0 Å². The van der Waals surface area contributed by atoms with Crippen LogP contribution in [-0.2, 0) is 4.79 Å². The van der Waals surface area contributed by atoms with Crippen molar-refractivity contribution in [1.29, 1.82) is 0 Å². The average Bonchev–Trinajstić information content (AvgIpc) is 2.92. The fourth-order valence-electron chi connectivity index (χ4n) is 2.42. The smallest absolute Gasteiger partial charge is 0.274 e. The summed E-state index contributed by atoms with van der Waals surface area (Å²) in [6.07, 6.45) is 0.774. The maximum Gasteiger partial charge on any atom is 0.274 e. The molecule has 2 amide bonds. The lowest BCUT2D eigenvalue weighted by molar-refractivity contribution is -0.118. The third-order valence-electron chi connectivity index (χ3n) is 3.74. The minimum atomic E-state index is -0.518. The van der Waals surface area contributed by atoms with Crippen LogP contribution in [0.25, 0.3) is 10.4 Å². The van der Waals surface area contributed by atoms with E-state index in [0.717, 1.165) is 21.9 Å². The molecule has 6 heteroatoms. The van der Waals surface area contributed by atoms with Crippen molar-refractivity contribution < 1.29 is 9.59 Å². The minimum Gasteiger partial charge on any atom is -0.368 e. The Kier molecular flexibility index (Phi) is 5.95. The van der Waals surface area contributed by atoms with Gasteiger partial charge in [-0.1, -0.05) is 51.1 Å². The fourth-order valence-corrected chi connectivity index (χ4v) is 3.33. The molecule has 0 aliphatic rings. The van der Waals surface area contributed by atoms with Crippen LogP contribution in [0.5, 0.6) is 0 Å². The summed E-state index contributed by atoms with van der Waals surface area (Å²) in [4.78, 5) is 31.3. The highest BCUT2D eigenvalue weighted by Crippen LogP contribution is 2.31. The summed E-state index contributed by atoms with van der Waals surface area (Å²) in [6, 6.07) is 9.70. The van der Waals surface area contributed by atoms with E-state index in [9.17, 15) is 9.59 Å². The molecular formula is C19H25N3O2S. The minimum absolute atomic E-state index is 0.0520. The van der Waals surface area contributed by atoms with E-state index in [1.807, 2.05) is 37.3 Å². The first kappa shape index (κ1) is 19.1. The van der Waals surface area contributed by atoms with Crippen molar-refractivity contribution in [3.63, 3.8) is 0 Å². The summed E-state index contributed by atoms with van der Waals surface area (Å²) in [7, 11) is 0. The van der Waals surface area contributed by atoms with Crippen molar-refractivity contribution in [2.45, 2.75) is 34.1 Å². The molecule has 5 nitrogen and oxygen atoms in total. The summed E-state index contributed by atoms with van der Waals surface area (Å²) in [5.74, 6) is -0.762. The third-order valence-corrected chi connectivity index (χ3v) is 4.76. The number of hydrogen-bond donors (Lipinski definition) is 1. The summed E-state index contributed by atoms with van der Waals surface area (Å²) in [5, 5.41) is 0.817. The van der Waals surface area contributed by atoms with Crippen LogP contribution in [0, 0.1) is 12.3 Å². The van der Waals surface area contributed by atoms with Crippen LogP contribution < -0.4 is 5.73 Å². The number of aryl methyl sites for hydroxylation is 1. The number of benzene rings is 1. The van der Waals surface area contributed by atoms with Gasteiger partial charge in [0.2, 0.25) is 5.91 Å². The number of carbonyl (C=O) groups excluding carboxylic acids is 2. The second kappa shape index (κ2) is 7.78. The van der Waals surface area contributed by atoms with E-state index in [0.29, 0.717) is 12.2 Å². The zero-order valence-corrected chi connectivity index (χ0v) is 16.0. The van der Waals surface area contributed by atoms with Gasteiger partial charge < -0.3 is 10.6 Å². The van der Waals surface area contributed by atoms with Crippen LogP contribution in [0.1, 0.15) is 42.7 Å². The molecule has 0 aliphatic carbocycles. The number of thiazole rings is 1. The van der Waals surface area contributed by atoms with Crippen molar-refractivity contribution in [3.05, 3.63) is 41.0 Å². The van der Waals surface area contributed by atoms with Gasteiger partial charge in [-0.15, -0.1) is 11.3 Å². The van der Waals surface area contributed by atoms with Crippen molar-refractivity contribution in [1.82, 2.24) is 9.88 Å². The molecule has 0 bridgehead atoms. The van der Waals surface area contributed by atoms with Crippen molar-refractivity contribution in [2.75, 3.05) is 13.1 Å². The Labute approximate surface area is 152 Å². The van der Waals surface area contributed by atoms with E-state index in [-0.39, 0.29) is 17.9 Å². The van der Waals surface area contributed by atoms with Gasteiger partial charge in [-0.3, -0.25) is 9.59 Å². The highest BCUT2D eigenvalue weighted by Gasteiger charge is 2.25. The molecule has 134 valence electrons. The number of primary amides is 1. The topological polar surface area (TPSA) is 76.3 Å². The second-order valence-electron chi connectivity index (χ2n) is 7.28. The third kappa shape index (κ3) is 5.39. The van der Waals surface area contributed by atoms with E-state index >= 15 is 0 Å². The quantitative estimate of drug-likeness (QED) is 0.858. The van der Waals surface area contributed by atoms with Crippen molar-refractivity contribution in [3.8, 4) is 10.4 Å². The van der Waals surface area contributed by atoms with E-state index in [2.05, 4.69) is 25.8 Å².